The summed E-state index contributed by atoms with van der Waals surface area (Å²) in [6.45, 7) is 11.9. The second-order valence-corrected chi connectivity index (χ2v) is 5.77. The molecule has 0 bridgehead atoms. The van der Waals surface area contributed by atoms with E-state index in [2.05, 4.69) is 53.5 Å². The summed E-state index contributed by atoms with van der Waals surface area (Å²) in [6, 6.07) is 0. The Morgan fingerprint density at radius 1 is 1.50 bits per heavy atom. The van der Waals surface area contributed by atoms with Gasteiger partial charge in [-0.25, -0.2) is 0 Å². The Morgan fingerprint density at radius 2 is 2.19 bits per heavy atom. The zero-order chi connectivity index (χ0) is 12.2. The third kappa shape index (κ3) is 3.99. The minimum absolute atomic E-state index is 0.192. The summed E-state index contributed by atoms with van der Waals surface area (Å²) in [5.41, 5.74) is 0.192. The molecule has 0 aromatic heterocycles. The van der Waals surface area contributed by atoms with Crippen molar-refractivity contribution in [2.75, 3.05) is 45.2 Å². The van der Waals surface area contributed by atoms with Gasteiger partial charge in [-0.15, -0.1) is 0 Å². The van der Waals surface area contributed by atoms with E-state index in [0.29, 0.717) is 6.10 Å². The van der Waals surface area contributed by atoms with Gasteiger partial charge in [0.1, 0.15) is 0 Å². The van der Waals surface area contributed by atoms with E-state index in [0.717, 1.165) is 38.1 Å². The highest BCUT2D eigenvalue weighted by atomic mass is 79.9. The Kier molecular flexibility index (Phi) is 5.71. The lowest BCUT2D eigenvalue weighted by atomic mass is 10.1. The molecule has 1 fully saturated rings. The molecule has 0 N–H and O–H groups in total. The van der Waals surface area contributed by atoms with Crippen LogP contribution in [0.1, 0.15) is 20.8 Å². The van der Waals surface area contributed by atoms with Crippen molar-refractivity contribution in [3.63, 3.8) is 0 Å². The highest BCUT2D eigenvalue weighted by Crippen LogP contribution is 2.17. The van der Waals surface area contributed by atoms with Crippen LogP contribution < -0.4 is 0 Å². The topological polar surface area (TPSA) is 15.7 Å². The predicted octanol–water partition coefficient (Wildman–Crippen LogP) is 1.81. The van der Waals surface area contributed by atoms with Crippen molar-refractivity contribution in [3.8, 4) is 0 Å². The van der Waals surface area contributed by atoms with Gasteiger partial charge in [0.15, 0.2) is 0 Å². The minimum atomic E-state index is 0.192. The zero-order valence-corrected chi connectivity index (χ0v) is 12.6. The molecular formula is C12H25BrN2O. The second kappa shape index (κ2) is 6.34. The molecule has 1 aliphatic rings. The van der Waals surface area contributed by atoms with Crippen molar-refractivity contribution >= 4 is 15.9 Å². The first-order valence-electron chi connectivity index (χ1n) is 6.10. The number of hydrogen-bond donors (Lipinski definition) is 0. The number of halogens is 1. The number of likely N-dealkylation sites (N-methyl/N-ethyl adjacent to an activating group) is 2. The SMILES string of the molecule is CCN1CCOC(CN(C)C(C)(C)CBr)C1. The molecule has 0 aromatic rings. The van der Waals surface area contributed by atoms with Crippen LogP contribution in [0.3, 0.4) is 0 Å². The molecule has 1 unspecified atom stereocenters. The van der Waals surface area contributed by atoms with Gasteiger partial charge >= 0.3 is 0 Å². The highest BCUT2D eigenvalue weighted by molar-refractivity contribution is 9.09. The first-order valence-corrected chi connectivity index (χ1v) is 7.23. The van der Waals surface area contributed by atoms with Gasteiger partial charge in [0.25, 0.3) is 0 Å². The monoisotopic (exact) mass is 292 g/mol. The second-order valence-electron chi connectivity index (χ2n) is 5.21. The summed E-state index contributed by atoms with van der Waals surface area (Å²) >= 11 is 3.57. The molecule has 0 saturated carbocycles. The number of hydrogen-bond acceptors (Lipinski definition) is 3. The molecule has 3 nitrogen and oxygen atoms in total. The lowest BCUT2D eigenvalue weighted by molar-refractivity contribution is -0.0480. The van der Waals surface area contributed by atoms with Gasteiger partial charge in [-0.05, 0) is 27.4 Å². The van der Waals surface area contributed by atoms with Gasteiger partial charge in [0.2, 0.25) is 0 Å². The van der Waals surface area contributed by atoms with Crippen LogP contribution in [0.2, 0.25) is 0 Å². The molecule has 1 saturated heterocycles. The van der Waals surface area contributed by atoms with Gasteiger partial charge < -0.3 is 4.74 Å². The van der Waals surface area contributed by atoms with Crippen molar-refractivity contribution in [2.45, 2.75) is 32.4 Å². The van der Waals surface area contributed by atoms with Crippen LogP contribution in [-0.4, -0.2) is 66.6 Å². The first kappa shape index (κ1) is 14.4. The van der Waals surface area contributed by atoms with Crippen LogP contribution in [-0.2, 0) is 4.74 Å². The molecule has 1 atom stereocenters. The van der Waals surface area contributed by atoms with E-state index < -0.39 is 0 Å². The number of rotatable bonds is 5. The van der Waals surface area contributed by atoms with Gasteiger partial charge in [0.05, 0.1) is 12.7 Å². The van der Waals surface area contributed by atoms with E-state index in [4.69, 9.17) is 4.74 Å². The molecule has 96 valence electrons. The average Bonchev–Trinajstić information content (AvgIpc) is 2.29. The van der Waals surface area contributed by atoms with Crippen LogP contribution >= 0.6 is 15.9 Å². The molecule has 16 heavy (non-hydrogen) atoms. The summed E-state index contributed by atoms with van der Waals surface area (Å²) in [7, 11) is 2.18. The van der Waals surface area contributed by atoms with E-state index in [1.165, 1.54) is 0 Å². The number of ether oxygens (including phenoxy) is 1. The van der Waals surface area contributed by atoms with Crippen molar-refractivity contribution < 1.29 is 4.74 Å². The largest absolute Gasteiger partial charge is 0.374 e. The van der Waals surface area contributed by atoms with Crippen molar-refractivity contribution in [3.05, 3.63) is 0 Å². The average molecular weight is 293 g/mol. The Morgan fingerprint density at radius 3 is 2.75 bits per heavy atom. The summed E-state index contributed by atoms with van der Waals surface area (Å²) in [4.78, 5) is 4.84. The van der Waals surface area contributed by atoms with E-state index in [1.54, 1.807) is 0 Å². The van der Waals surface area contributed by atoms with Gasteiger partial charge in [-0.1, -0.05) is 22.9 Å². The van der Waals surface area contributed by atoms with E-state index in [1.807, 2.05) is 0 Å². The summed E-state index contributed by atoms with van der Waals surface area (Å²) < 4.78 is 5.82. The van der Waals surface area contributed by atoms with E-state index in [-0.39, 0.29) is 5.54 Å². The maximum Gasteiger partial charge on any atom is 0.0829 e. The maximum atomic E-state index is 5.82. The Balaban J connectivity index is 2.41. The number of alkyl halides is 1. The van der Waals surface area contributed by atoms with E-state index in [9.17, 15) is 0 Å². The molecular weight excluding hydrogens is 268 g/mol. The Labute approximate surface area is 108 Å². The summed E-state index contributed by atoms with van der Waals surface area (Å²) in [5.74, 6) is 0. The molecule has 0 aliphatic carbocycles. The summed E-state index contributed by atoms with van der Waals surface area (Å²) in [6.07, 6.45) is 0.358. The smallest absolute Gasteiger partial charge is 0.0829 e. The lowest BCUT2D eigenvalue weighted by Crippen LogP contribution is -2.51. The van der Waals surface area contributed by atoms with Gasteiger partial charge in [-0.2, -0.15) is 0 Å². The predicted molar refractivity (Wildman–Crippen MR) is 72.4 cm³/mol. The fourth-order valence-electron chi connectivity index (χ4n) is 1.83. The fourth-order valence-corrected chi connectivity index (χ4v) is 2.26. The zero-order valence-electron chi connectivity index (χ0n) is 11.0. The van der Waals surface area contributed by atoms with Crippen molar-refractivity contribution in [1.82, 2.24) is 9.80 Å². The minimum Gasteiger partial charge on any atom is -0.374 e. The summed E-state index contributed by atoms with van der Waals surface area (Å²) in [5, 5.41) is 0.987. The van der Waals surface area contributed by atoms with Crippen molar-refractivity contribution in [2.24, 2.45) is 0 Å². The highest BCUT2D eigenvalue weighted by Gasteiger charge is 2.27. The molecule has 1 heterocycles. The third-order valence-electron chi connectivity index (χ3n) is 3.51. The standard InChI is InChI=1S/C12H25BrN2O/c1-5-15-6-7-16-11(9-15)8-14(4)12(2,3)10-13/h11H,5-10H2,1-4H3. The molecule has 0 spiro atoms. The maximum absolute atomic E-state index is 5.82. The lowest BCUT2D eigenvalue weighted by Gasteiger charge is -2.39. The van der Waals surface area contributed by atoms with Crippen LogP contribution in [0.15, 0.2) is 0 Å². The fraction of sp³-hybridized carbons (Fsp3) is 1.00. The molecule has 1 rings (SSSR count). The van der Waals surface area contributed by atoms with Crippen LogP contribution in [0.4, 0.5) is 0 Å². The van der Waals surface area contributed by atoms with Gasteiger partial charge in [-0.3, -0.25) is 9.80 Å². The first-order chi connectivity index (χ1) is 7.49. The third-order valence-corrected chi connectivity index (χ3v) is 4.88. The van der Waals surface area contributed by atoms with Crippen LogP contribution in [0.25, 0.3) is 0 Å². The molecule has 0 radical (unpaired) electrons. The quantitative estimate of drug-likeness (QED) is 0.719. The molecule has 0 aromatic carbocycles. The normalized spacial score (nSPS) is 24.0. The molecule has 4 heteroatoms. The molecule has 0 amide bonds. The van der Waals surface area contributed by atoms with Crippen molar-refractivity contribution in [1.29, 1.82) is 0 Å². The van der Waals surface area contributed by atoms with Crippen LogP contribution in [0.5, 0.6) is 0 Å². The Bertz CT molecular complexity index is 211. The molecule has 1 aliphatic heterocycles. The van der Waals surface area contributed by atoms with Crippen LogP contribution in [0, 0.1) is 0 Å². The number of nitrogens with zero attached hydrogens (tertiary/aromatic N) is 2. The van der Waals surface area contributed by atoms with Gasteiger partial charge in [0, 0.05) is 30.5 Å². The number of morpholine rings is 1. The van der Waals surface area contributed by atoms with E-state index >= 15 is 0 Å². The Hall–Kier alpha value is 0.360.